The first-order valence-electron chi connectivity index (χ1n) is 15.0. The summed E-state index contributed by atoms with van der Waals surface area (Å²) in [5, 5.41) is 16.0. The minimum atomic E-state index is -1.06. The number of aromatic hydroxyl groups is 1. The summed E-state index contributed by atoms with van der Waals surface area (Å²) in [6.45, 7) is 7.74. The SMILES string of the molecule is CCCCCCCCN(C(=O)C(CCSC)NC(=O)OC(C)(C)C)C(C(=O)Nc1ccc(OC)cc1)c1cccc(O)c1. The lowest BCUT2D eigenvalue weighted by Crippen LogP contribution is -2.52. The van der Waals surface area contributed by atoms with Crippen molar-refractivity contribution in [2.45, 2.75) is 90.3 Å². The van der Waals surface area contributed by atoms with Gasteiger partial charge < -0.3 is 30.1 Å². The summed E-state index contributed by atoms with van der Waals surface area (Å²) in [4.78, 5) is 42.7. The lowest BCUT2D eigenvalue weighted by Gasteiger charge is -2.34. The third-order valence-electron chi connectivity index (χ3n) is 6.74. The summed E-state index contributed by atoms with van der Waals surface area (Å²) in [6.07, 6.45) is 7.58. The molecule has 3 amide bonds. The van der Waals surface area contributed by atoms with Crippen LogP contribution in [0.5, 0.6) is 11.5 Å². The van der Waals surface area contributed by atoms with E-state index < -0.39 is 29.7 Å². The molecular weight excluding hydrogens is 566 g/mol. The highest BCUT2D eigenvalue weighted by Gasteiger charge is 2.36. The number of nitrogens with one attached hydrogen (secondary N) is 2. The number of thioether (sulfide) groups is 1. The number of amides is 3. The van der Waals surface area contributed by atoms with E-state index in [-0.39, 0.29) is 11.7 Å². The van der Waals surface area contributed by atoms with Gasteiger partial charge in [-0.05, 0) is 87.6 Å². The van der Waals surface area contributed by atoms with Crippen molar-refractivity contribution in [1.82, 2.24) is 10.2 Å². The molecule has 0 aliphatic rings. The van der Waals surface area contributed by atoms with Crippen molar-refractivity contribution in [3.05, 3.63) is 54.1 Å². The quantitative estimate of drug-likeness (QED) is 0.165. The fourth-order valence-corrected chi connectivity index (χ4v) is 5.10. The van der Waals surface area contributed by atoms with E-state index in [0.29, 0.717) is 42.1 Å². The number of unbranched alkanes of at least 4 members (excludes halogenated alkanes) is 5. The first kappa shape index (κ1) is 35.8. The van der Waals surface area contributed by atoms with Crippen LogP contribution in [0.25, 0.3) is 0 Å². The normalized spacial score (nSPS) is 12.6. The minimum Gasteiger partial charge on any atom is -0.508 e. The summed E-state index contributed by atoms with van der Waals surface area (Å²) >= 11 is 1.56. The molecule has 0 aliphatic carbocycles. The molecule has 0 bridgehead atoms. The van der Waals surface area contributed by atoms with Crippen molar-refractivity contribution in [3.63, 3.8) is 0 Å². The lowest BCUT2D eigenvalue weighted by atomic mass is 10.0. The summed E-state index contributed by atoms with van der Waals surface area (Å²) in [7, 11) is 1.57. The number of methoxy groups -OCH3 is 1. The monoisotopic (exact) mass is 615 g/mol. The number of hydrogen-bond acceptors (Lipinski definition) is 7. The first-order chi connectivity index (χ1) is 20.5. The van der Waals surface area contributed by atoms with Gasteiger partial charge in [0.05, 0.1) is 7.11 Å². The van der Waals surface area contributed by atoms with E-state index in [2.05, 4.69) is 17.6 Å². The Labute approximate surface area is 261 Å². The second-order valence-corrected chi connectivity index (χ2v) is 12.5. The Balaban J connectivity index is 2.49. The van der Waals surface area contributed by atoms with Gasteiger partial charge in [0.2, 0.25) is 5.91 Å². The summed E-state index contributed by atoms with van der Waals surface area (Å²) in [5.74, 6) is 0.429. The average molecular weight is 616 g/mol. The van der Waals surface area contributed by atoms with Gasteiger partial charge in [0.15, 0.2) is 0 Å². The molecule has 0 aliphatic heterocycles. The van der Waals surface area contributed by atoms with Crippen LogP contribution >= 0.6 is 11.8 Å². The molecule has 3 N–H and O–H groups in total. The Kier molecular flexibility index (Phi) is 15.2. The van der Waals surface area contributed by atoms with Crippen molar-refractivity contribution >= 4 is 35.4 Å². The van der Waals surface area contributed by atoms with Crippen LogP contribution in [-0.4, -0.2) is 65.2 Å². The third kappa shape index (κ3) is 12.8. The maximum absolute atomic E-state index is 14.3. The van der Waals surface area contributed by atoms with E-state index >= 15 is 0 Å². The molecule has 0 radical (unpaired) electrons. The Morgan fingerprint density at radius 1 is 1.00 bits per heavy atom. The zero-order valence-corrected chi connectivity index (χ0v) is 27.3. The highest BCUT2D eigenvalue weighted by molar-refractivity contribution is 7.98. The summed E-state index contributed by atoms with van der Waals surface area (Å²) in [5.41, 5.74) is 0.262. The van der Waals surface area contributed by atoms with Crippen LogP contribution in [0, 0.1) is 0 Å². The molecule has 238 valence electrons. The van der Waals surface area contributed by atoms with Gasteiger partial charge >= 0.3 is 6.09 Å². The number of alkyl carbamates (subject to hydrolysis) is 1. The number of anilines is 1. The molecule has 2 rings (SSSR count). The number of rotatable bonds is 17. The molecule has 0 saturated carbocycles. The van der Waals surface area contributed by atoms with Crippen molar-refractivity contribution in [1.29, 1.82) is 0 Å². The van der Waals surface area contributed by atoms with Gasteiger partial charge in [0, 0.05) is 12.2 Å². The van der Waals surface area contributed by atoms with E-state index in [0.717, 1.165) is 32.1 Å². The third-order valence-corrected chi connectivity index (χ3v) is 7.38. The number of carbonyl (C=O) groups excluding carboxylic acids is 3. The highest BCUT2D eigenvalue weighted by Crippen LogP contribution is 2.28. The fraction of sp³-hybridized carbons (Fsp3) is 0.545. The molecule has 0 spiro atoms. The van der Waals surface area contributed by atoms with Crippen LogP contribution in [-0.2, 0) is 14.3 Å². The number of ether oxygens (including phenoxy) is 2. The number of carbonyl (C=O) groups is 3. The maximum atomic E-state index is 14.3. The molecule has 2 aromatic rings. The average Bonchev–Trinajstić information content (AvgIpc) is 2.95. The van der Waals surface area contributed by atoms with E-state index in [1.54, 1.807) is 76.0 Å². The van der Waals surface area contributed by atoms with Gasteiger partial charge in [-0.1, -0.05) is 51.2 Å². The Bertz CT molecular complexity index is 1150. The smallest absolute Gasteiger partial charge is 0.408 e. The number of phenols is 1. The Hall–Kier alpha value is -3.40. The zero-order chi connectivity index (χ0) is 31.8. The summed E-state index contributed by atoms with van der Waals surface area (Å²) in [6, 6.07) is 11.3. The van der Waals surface area contributed by atoms with Gasteiger partial charge in [-0.2, -0.15) is 11.8 Å². The minimum absolute atomic E-state index is 0.0162. The second kappa shape index (κ2) is 18.3. The number of hydrogen-bond donors (Lipinski definition) is 3. The van der Waals surface area contributed by atoms with Crippen LogP contribution in [0.3, 0.4) is 0 Å². The van der Waals surface area contributed by atoms with Crippen LogP contribution in [0.4, 0.5) is 10.5 Å². The van der Waals surface area contributed by atoms with Gasteiger partial charge in [0.1, 0.15) is 29.2 Å². The highest BCUT2D eigenvalue weighted by atomic mass is 32.2. The van der Waals surface area contributed by atoms with Crippen LogP contribution in [0.1, 0.15) is 84.2 Å². The number of phenolic OH excluding ortho intramolecular Hbond substituents is 1. The van der Waals surface area contributed by atoms with Gasteiger partial charge in [-0.3, -0.25) is 9.59 Å². The topological polar surface area (TPSA) is 117 Å². The second-order valence-electron chi connectivity index (χ2n) is 11.5. The Morgan fingerprint density at radius 2 is 1.67 bits per heavy atom. The molecule has 0 fully saturated rings. The van der Waals surface area contributed by atoms with Crippen molar-refractivity contribution in [2.75, 3.05) is 31.0 Å². The molecule has 0 saturated heterocycles. The number of nitrogens with zero attached hydrogens (tertiary/aromatic N) is 1. The van der Waals surface area contributed by atoms with E-state index in [1.165, 1.54) is 17.0 Å². The van der Waals surface area contributed by atoms with Crippen molar-refractivity contribution < 1.29 is 29.0 Å². The van der Waals surface area contributed by atoms with Crippen LogP contribution < -0.4 is 15.4 Å². The molecular formula is C33H49N3O6S. The first-order valence-corrected chi connectivity index (χ1v) is 16.4. The fourth-order valence-electron chi connectivity index (χ4n) is 4.62. The maximum Gasteiger partial charge on any atom is 0.408 e. The van der Waals surface area contributed by atoms with Crippen LogP contribution in [0.15, 0.2) is 48.5 Å². The summed E-state index contributed by atoms with van der Waals surface area (Å²) < 4.78 is 10.7. The molecule has 43 heavy (non-hydrogen) atoms. The Morgan fingerprint density at radius 3 is 2.28 bits per heavy atom. The molecule has 0 aromatic heterocycles. The molecule has 0 heterocycles. The number of benzene rings is 2. The van der Waals surface area contributed by atoms with E-state index in [4.69, 9.17) is 9.47 Å². The molecule has 2 aromatic carbocycles. The predicted octanol–water partition coefficient (Wildman–Crippen LogP) is 6.92. The molecule has 10 heteroatoms. The van der Waals surface area contributed by atoms with Gasteiger partial charge in [0.25, 0.3) is 5.91 Å². The van der Waals surface area contributed by atoms with Crippen molar-refractivity contribution in [2.24, 2.45) is 0 Å². The molecule has 9 nitrogen and oxygen atoms in total. The molecule has 2 atom stereocenters. The standard InChI is InChI=1S/C33H49N3O6S/c1-7-8-9-10-11-12-21-36(31(39)28(20-22-43-6)35-32(40)42-33(2,3)4)29(24-14-13-15-26(37)23-24)30(38)34-25-16-18-27(41-5)19-17-25/h13-19,23,28-29,37H,7-12,20-22H2,1-6H3,(H,34,38)(H,35,40). The predicted molar refractivity (Wildman–Crippen MR) is 174 cm³/mol. The van der Waals surface area contributed by atoms with Crippen LogP contribution in [0.2, 0.25) is 0 Å². The van der Waals surface area contributed by atoms with Gasteiger partial charge in [-0.15, -0.1) is 0 Å². The molecule has 2 unspecified atom stereocenters. The lowest BCUT2D eigenvalue weighted by molar-refractivity contribution is -0.141. The largest absolute Gasteiger partial charge is 0.508 e. The van der Waals surface area contributed by atoms with E-state index in [1.807, 2.05) is 6.26 Å². The van der Waals surface area contributed by atoms with Gasteiger partial charge in [-0.25, -0.2) is 4.79 Å². The van der Waals surface area contributed by atoms with Crippen molar-refractivity contribution in [3.8, 4) is 11.5 Å². The zero-order valence-electron chi connectivity index (χ0n) is 26.5. The van der Waals surface area contributed by atoms with E-state index in [9.17, 15) is 19.5 Å².